The van der Waals surface area contributed by atoms with Gasteiger partial charge in [0.25, 0.3) is 0 Å². The minimum absolute atomic E-state index is 0.00569. The summed E-state index contributed by atoms with van der Waals surface area (Å²) in [6.07, 6.45) is 3.64. The highest BCUT2D eigenvalue weighted by Gasteiger charge is 2.42. The number of hydrogen-bond acceptors (Lipinski definition) is 4. The lowest BCUT2D eigenvalue weighted by Gasteiger charge is -2.47. The molecule has 2 fully saturated rings. The lowest BCUT2D eigenvalue weighted by Crippen LogP contribution is -2.59. The van der Waals surface area contributed by atoms with Gasteiger partial charge >= 0.3 is 0 Å². The Morgan fingerprint density at radius 1 is 1.31 bits per heavy atom. The molecule has 6 heteroatoms. The fourth-order valence-electron chi connectivity index (χ4n) is 3.66. The number of amides is 2. The summed E-state index contributed by atoms with van der Waals surface area (Å²) in [5, 5.41) is 9.26. The third kappa shape index (κ3) is 4.83. The van der Waals surface area contributed by atoms with Gasteiger partial charge in [-0.05, 0) is 31.7 Å². The summed E-state index contributed by atoms with van der Waals surface area (Å²) in [6, 6.07) is 7.56. The smallest absolute Gasteiger partial charge is 0.222 e. The van der Waals surface area contributed by atoms with E-state index >= 15 is 0 Å². The van der Waals surface area contributed by atoms with Gasteiger partial charge in [-0.25, -0.2) is 0 Å². The summed E-state index contributed by atoms with van der Waals surface area (Å²) in [4.78, 5) is 23.9. The van der Waals surface area contributed by atoms with Gasteiger partial charge in [-0.2, -0.15) is 0 Å². The normalized spacial score (nSPS) is 22.3. The molecular weight excluding hydrogens is 330 g/mol. The van der Waals surface area contributed by atoms with Crippen molar-refractivity contribution in [2.75, 3.05) is 19.6 Å². The van der Waals surface area contributed by atoms with Crippen LogP contribution >= 0.6 is 0 Å². The predicted molar refractivity (Wildman–Crippen MR) is 99.7 cm³/mol. The van der Waals surface area contributed by atoms with E-state index in [0.29, 0.717) is 6.54 Å². The van der Waals surface area contributed by atoms with Crippen molar-refractivity contribution in [2.24, 2.45) is 0 Å². The second-order valence-electron chi connectivity index (χ2n) is 7.58. The van der Waals surface area contributed by atoms with Crippen molar-refractivity contribution in [2.45, 2.75) is 57.3 Å². The minimum atomic E-state index is -0.323. The number of morpholine rings is 1. The Bertz CT molecular complexity index is 640. The summed E-state index contributed by atoms with van der Waals surface area (Å²) in [6.45, 7) is 5.65. The van der Waals surface area contributed by atoms with E-state index in [-0.39, 0.29) is 36.0 Å². The molecule has 26 heavy (non-hydrogen) atoms. The zero-order chi connectivity index (χ0) is 18.6. The molecule has 3 rings (SSSR count). The van der Waals surface area contributed by atoms with E-state index in [1.54, 1.807) is 0 Å². The summed E-state index contributed by atoms with van der Waals surface area (Å²) in [7, 11) is 0. The second-order valence-corrected chi connectivity index (χ2v) is 7.58. The monoisotopic (exact) mass is 359 g/mol. The Kier molecular flexibility index (Phi) is 5.94. The molecule has 0 radical (unpaired) electrons. The van der Waals surface area contributed by atoms with E-state index in [9.17, 15) is 9.59 Å². The summed E-state index contributed by atoms with van der Waals surface area (Å²) < 4.78 is 6.18. The van der Waals surface area contributed by atoms with Crippen molar-refractivity contribution in [3.05, 3.63) is 35.4 Å². The van der Waals surface area contributed by atoms with Crippen LogP contribution in [-0.4, -0.2) is 43.2 Å². The van der Waals surface area contributed by atoms with Crippen molar-refractivity contribution >= 4 is 11.8 Å². The van der Waals surface area contributed by atoms with Gasteiger partial charge in [-0.3, -0.25) is 9.59 Å². The zero-order valence-electron chi connectivity index (χ0n) is 15.6. The van der Waals surface area contributed by atoms with Gasteiger partial charge in [0, 0.05) is 26.6 Å². The van der Waals surface area contributed by atoms with Crippen LogP contribution in [-0.2, 0) is 14.3 Å². The van der Waals surface area contributed by atoms with E-state index in [1.165, 1.54) is 13.3 Å². The van der Waals surface area contributed by atoms with Crippen LogP contribution in [0, 0.1) is 6.92 Å². The number of rotatable bonds is 6. The van der Waals surface area contributed by atoms with Gasteiger partial charge in [0.2, 0.25) is 11.8 Å². The number of ether oxygens (including phenoxy) is 1. The zero-order valence-corrected chi connectivity index (χ0v) is 15.6. The predicted octanol–water partition coefficient (Wildman–Crippen LogP) is 1.59. The molecule has 2 aliphatic rings. The number of hydrogen-bond donors (Lipinski definition) is 3. The highest BCUT2D eigenvalue weighted by atomic mass is 16.5. The fourth-order valence-corrected chi connectivity index (χ4v) is 3.66. The van der Waals surface area contributed by atoms with Gasteiger partial charge in [0.1, 0.15) is 0 Å². The average molecular weight is 359 g/mol. The summed E-state index contributed by atoms with van der Waals surface area (Å²) in [5.41, 5.74) is 2.07. The van der Waals surface area contributed by atoms with E-state index in [4.69, 9.17) is 4.74 Å². The van der Waals surface area contributed by atoms with Crippen LogP contribution in [0.1, 0.15) is 49.8 Å². The van der Waals surface area contributed by atoms with Crippen molar-refractivity contribution in [1.82, 2.24) is 16.0 Å². The maximum atomic E-state index is 12.4. The van der Waals surface area contributed by atoms with Crippen LogP contribution in [0.4, 0.5) is 0 Å². The molecule has 6 nitrogen and oxygen atoms in total. The van der Waals surface area contributed by atoms with Gasteiger partial charge in [0.15, 0.2) is 0 Å². The Labute approximate surface area is 155 Å². The van der Waals surface area contributed by atoms with Crippen LogP contribution in [0.5, 0.6) is 0 Å². The molecule has 1 saturated heterocycles. The second kappa shape index (κ2) is 8.18. The summed E-state index contributed by atoms with van der Waals surface area (Å²) >= 11 is 0. The molecule has 3 N–H and O–H groups in total. The number of benzene rings is 1. The van der Waals surface area contributed by atoms with Crippen molar-refractivity contribution in [1.29, 1.82) is 0 Å². The SMILES string of the molecule is CC(=O)NC(CC(=O)NCC1CNCC2(CCC2)O1)c1ccc(C)cc1. The molecule has 0 bridgehead atoms. The molecule has 1 aliphatic heterocycles. The maximum absolute atomic E-state index is 12.4. The first-order valence-electron chi connectivity index (χ1n) is 9.45. The standard InChI is InChI=1S/C20H29N3O3/c1-14-4-6-16(7-5-14)18(23-15(2)24)10-19(25)22-12-17-11-21-13-20(26-17)8-3-9-20/h4-7,17-18,21H,3,8-13H2,1-2H3,(H,22,25)(H,23,24). The van der Waals surface area contributed by atoms with Crippen LogP contribution < -0.4 is 16.0 Å². The third-order valence-corrected chi connectivity index (χ3v) is 5.27. The molecule has 2 unspecified atom stereocenters. The molecule has 1 saturated carbocycles. The Morgan fingerprint density at radius 2 is 2.04 bits per heavy atom. The molecule has 1 heterocycles. The van der Waals surface area contributed by atoms with Crippen molar-refractivity contribution in [3.8, 4) is 0 Å². The minimum Gasteiger partial charge on any atom is -0.367 e. The lowest BCUT2D eigenvalue weighted by atomic mass is 9.79. The van der Waals surface area contributed by atoms with Crippen LogP contribution in [0.3, 0.4) is 0 Å². The molecule has 2 atom stereocenters. The van der Waals surface area contributed by atoms with Crippen LogP contribution in [0.15, 0.2) is 24.3 Å². The first-order chi connectivity index (χ1) is 12.5. The largest absolute Gasteiger partial charge is 0.367 e. The number of carbonyl (C=O) groups is 2. The fraction of sp³-hybridized carbons (Fsp3) is 0.600. The molecule has 0 aromatic heterocycles. The van der Waals surface area contributed by atoms with E-state index in [2.05, 4.69) is 16.0 Å². The Morgan fingerprint density at radius 3 is 2.65 bits per heavy atom. The maximum Gasteiger partial charge on any atom is 0.222 e. The van der Waals surface area contributed by atoms with Crippen LogP contribution in [0.2, 0.25) is 0 Å². The van der Waals surface area contributed by atoms with Gasteiger partial charge in [-0.15, -0.1) is 0 Å². The lowest BCUT2D eigenvalue weighted by molar-refractivity contribution is -0.157. The van der Waals surface area contributed by atoms with E-state index in [0.717, 1.165) is 37.1 Å². The van der Waals surface area contributed by atoms with Crippen LogP contribution in [0.25, 0.3) is 0 Å². The van der Waals surface area contributed by atoms with E-state index < -0.39 is 0 Å². The van der Waals surface area contributed by atoms with Gasteiger partial charge < -0.3 is 20.7 Å². The molecule has 2 amide bonds. The summed E-state index contributed by atoms with van der Waals surface area (Å²) in [5.74, 6) is -0.226. The third-order valence-electron chi connectivity index (χ3n) is 5.27. The average Bonchev–Trinajstić information content (AvgIpc) is 2.58. The van der Waals surface area contributed by atoms with Crippen molar-refractivity contribution < 1.29 is 14.3 Å². The van der Waals surface area contributed by atoms with E-state index in [1.807, 2.05) is 31.2 Å². The highest BCUT2D eigenvalue weighted by Crippen LogP contribution is 2.37. The Balaban J connectivity index is 1.52. The highest BCUT2D eigenvalue weighted by molar-refractivity contribution is 5.79. The number of nitrogens with one attached hydrogen (secondary N) is 3. The van der Waals surface area contributed by atoms with Gasteiger partial charge in [-0.1, -0.05) is 29.8 Å². The molecule has 1 aromatic carbocycles. The van der Waals surface area contributed by atoms with Crippen molar-refractivity contribution in [3.63, 3.8) is 0 Å². The van der Waals surface area contributed by atoms with Gasteiger partial charge in [0.05, 0.1) is 24.2 Å². The first kappa shape index (κ1) is 18.9. The molecule has 1 aromatic rings. The number of aryl methyl sites for hydroxylation is 1. The molecular formula is C20H29N3O3. The first-order valence-corrected chi connectivity index (χ1v) is 9.45. The topological polar surface area (TPSA) is 79.5 Å². The molecule has 1 spiro atoms. The Hall–Kier alpha value is -1.92. The number of carbonyl (C=O) groups excluding carboxylic acids is 2. The molecule has 142 valence electrons. The quantitative estimate of drug-likeness (QED) is 0.721. The molecule has 1 aliphatic carbocycles.